The quantitative estimate of drug-likeness (QED) is 0.781. The van der Waals surface area contributed by atoms with Crippen LogP contribution in [0, 0.1) is 0 Å². The van der Waals surface area contributed by atoms with Crippen LogP contribution in [0.1, 0.15) is 39.8 Å². The van der Waals surface area contributed by atoms with Gasteiger partial charge < -0.3 is 14.6 Å². The molecule has 1 aromatic carbocycles. The Morgan fingerprint density at radius 2 is 1.90 bits per heavy atom. The molecule has 0 aliphatic heterocycles. The summed E-state index contributed by atoms with van der Waals surface area (Å²) in [7, 11) is 0. The number of fused-ring (bicyclic) bond motifs is 1. The minimum atomic E-state index is 0.125. The molecule has 0 bridgehead atoms. The molecule has 0 saturated heterocycles. The predicted molar refractivity (Wildman–Crippen MR) is 89.6 cm³/mol. The first-order valence-corrected chi connectivity index (χ1v) is 7.91. The smallest absolute Gasteiger partial charge is 0.0645 e. The van der Waals surface area contributed by atoms with Crippen LogP contribution in [0.5, 0.6) is 0 Å². The van der Waals surface area contributed by atoms with Crippen molar-refractivity contribution < 1.29 is 4.74 Å². The van der Waals surface area contributed by atoms with Crippen molar-refractivity contribution in [3.05, 3.63) is 36.0 Å². The summed E-state index contributed by atoms with van der Waals surface area (Å²) in [6, 6.07) is 10.9. The van der Waals surface area contributed by atoms with E-state index in [1.54, 1.807) is 0 Å². The third kappa shape index (κ3) is 4.58. The molecule has 0 atom stereocenters. The van der Waals surface area contributed by atoms with Gasteiger partial charge in [-0.3, -0.25) is 0 Å². The predicted octanol–water partition coefficient (Wildman–Crippen LogP) is 3.96. The zero-order valence-electron chi connectivity index (χ0n) is 13.8. The van der Waals surface area contributed by atoms with Crippen molar-refractivity contribution in [3.8, 4) is 0 Å². The van der Waals surface area contributed by atoms with Gasteiger partial charge >= 0.3 is 0 Å². The Labute approximate surface area is 128 Å². The van der Waals surface area contributed by atoms with Gasteiger partial charge in [0.05, 0.1) is 6.61 Å². The molecule has 3 nitrogen and oxygen atoms in total. The molecule has 0 fully saturated rings. The van der Waals surface area contributed by atoms with Gasteiger partial charge in [0.25, 0.3) is 0 Å². The number of benzene rings is 1. The van der Waals surface area contributed by atoms with Crippen molar-refractivity contribution >= 4 is 10.9 Å². The largest absolute Gasteiger partial charge is 0.380 e. The lowest BCUT2D eigenvalue weighted by Crippen LogP contribution is -2.35. The van der Waals surface area contributed by atoms with Crippen molar-refractivity contribution in [2.45, 2.75) is 52.7 Å². The van der Waals surface area contributed by atoms with Crippen molar-refractivity contribution in [2.24, 2.45) is 0 Å². The summed E-state index contributed by atoms with van der Waals surface area (Å²) < 4.78 is 8.04. The first kappa shape index (κ1) is 16.1. The molecule has 0 aliphatic rings. The van der Waals surface area contributed by atoms with Crippen LogP contribution in [0.25, 0.3) is 10.9 Å². The Balaban J connectivity index is 2.17. The topological polar surface area (TPSA) is 26.2 Å². The molecule has 1 heterocycles. The van der Waals surface area contributed by atoms with E-state index in [0.29, 0.717) is 0 Å². The van der Waals surface area contributed by atoms with Crippen molar-refractivity contribution in [3.63, 3.8) is 0 Å². The summed E-state index contributed by atoms with van der Waals surface area (Å²) in [4.78, 5) is 0. The van der Waals surface area contributed by atoms with E-state index in [4.69, 9.17) is 4.74 Å². The molecule has 2 rings (SSSR count). The Bertz CT molecular complexity index is 566. The van der Waals surface area contributed by atoms with E-state index in [-0.39, 0.29) is 5.54 Å². The van der Waals surface area contributed by atoms with E-state index in [1.165, 1.54) is 16.6 Å². The Kier molecular flexibility index (Phi) is 5.43. The average Bonchev–Trinajstić information content (AvgIpc) is 2.79. The second-order valence-corrected chi connectivity index (χ2v) is 6.56. The van der Waals surface area contributed by atoms with E-state index in [9.17, 15) is 0 Å². The number of nitrogens with zero attached hydrogens (tertiary/aromatic N) is 1. The SMILES string of the molecule is CCCOCCn1c(CNC(C)(C)C)cc2ccccc21. The van der Waals surface area contributed by atoms with E-state index >= 15 is 0 Å². The maximum atomic E-state index is 5.66. The van der Waals surface area contributed by atoms with Crippen LogP contribution in [-0.4, -0.2) is 23.3 Å². The number of rotatable bonds is 7. The van der Waals surface area contributed by atoms with E-state index in [0.717, 1.165) is 32.7 Å². The molecule has 1 N–H and O–H groups in total. The Morgan fingerprint density at radius 1 is 1.14 bits per heavy atom. The maximum absolute atomic E-state index is 5.66. The zero-order valence-corrected chi connectivity index (χ0v) is 13.8. The van der Waals surface area contributed by atoms with Crippen molar-refractivity contribution in [2.75, 3.05) is 13.2 Å². The third-order valence-corrected chi connectivity index (χ3v) is 3.50. The molecule has 0 spiro atoms. The molecule has 1 aromatic heterocycles. The van der Waals surface area contributed by atoms with Crippen LogP contribution in [0.15, 0.2) is 30.3 Å². The van der Waals surface area contributed by atoms with Gasteiger partial charge in [0.1, 0.15) is 0 Å². The summed E-state index contributed by atoms with van der Waals surface area (Å²) >= 11 is 0. The average molecular weight is 288 g/mol. The fourth-order valence-corrected chi connectivity index (χ4v) is 2.44. The second kappa shape index (κ2) is 7.10. The molecule has 2 aromatic rings. The molecule has 0 aliphatic carbocycles. The highest BCUT2D eigenvalue weighted by Crippen LogP contribution is 2.20. The number of aromatic nitrogens is 1. The van der Waals surface area contributed by atoms with Gasteiger partial charge in [-0.2, -0.15) is 0 Å². The maximum Gasteiger partial charge on any atom is 0.0645 e. The Hall–Kier alpha value is -1.32. The molecule has 0 amide bonds. The van der Waals surface area contributed by atoms with Crippen molar-refractivity contribution in [1.82, 2.24) is 9.88 Å². The van der Waals surface area contributed by atoms with Crippen LogP contribution in [0.2, 0.25) is 0 Å². The number of ether oxygens (including phenoxy) is 1. The van der Waals surface area contributed by atoms with Gasteiger partial charge in [-0.05, 0) is 44.7 Å². The molecule has 116 valence electrons. The van der Waals surface area contributed by atoms with Gasteiger partial charge in [-0.15, -0.1) is 0 Å². The Morgan fingerprint density at radius 3 is 2.62 bits per heavy atom. The highest BCUT2D eigenvalue weighted by Gasteiger charge is 2.12. The van der Waals surface area contributed by atoms with Gasteiger partial charge in [0.2, 0.25) is 0 Å². The third-order valence-electron chi connectivity index (χ3n) is 3.50. The van der Waals surface area contributed by atoms with Gasteiger partial charge in [-0.25, -0.2) is 0 Å². The summed E-state index contributed by atoms with van der Waals surface area (Å²) in [5, 5.41) is 4.88. The lowest BCUT2D eigenvalue weighted by Gasteiger charge is -2.21. The first-order chi connectivity index (χ1) is 10.0. The number of para-hydroxylation sites is 1. The summed E-state index contributed by atoms with van der Waals surface area (Å²) in [5.41, 5.74) is 2.74. The second-order valence-electron chi connectivity index (χ2n) is 6.56. The molecule has 0 radical (unpaired) electrons. The highest BCUT2D eigenvalue weighted by atomic mass is 16.5. The standard InChI is InChI=1S/C18H28N2O/c1-5-11-21-12-10-20-16(14-19-18(2,3)4)13-15-8-6-7-9-17(15)20/h6-9,13,19H,5,10-12,14H2,1-4H3. The lowest BCUT2D eigenvalue weighted by molar-refractivity contribution is 0.127. The fourth-order valence-electron chi connectivity index (χ4n) is 2.44. The molecular weight excluding hydrogens is 260 g/mol. The van der Waals surface area contributed by atoms with Gasteiger partial charge in [0.15, 0.2) is 0 Å². The molecular formula is C18H28N2O. The fraction of sp³-hybridized carbons (Fsp3) is 0.556. The van der Waals surface area contributed by atoms with E-state index in [1.807, 2.05) is 0 Å². The number of hydrogen-bond acceptors (Lipinski definition) is 2. The van der Waals surface area contributed by atoms with Crippen molar-refractivity contribution in [1.29, 1.82) is 0 Å². The number of hydrogen-bond donors (Lipinski definition) is 1. The summed E-state index contributed by atoms with van der Waals surface area (Å²) in [6.45, 7) is 12.1. The van der Waals surface area contributed by atoms with Gasteiger partial charge in [0, 0.05) is 36.4 Å². The van der Waals surface area contributed by atoms with Crippen LogP contribution >= 0.6 is 0 Å². The van der Waals surface area contributed by atoms with Crippen LogP contribution in [0.3, 0.4) is 0 Å². The van der Waals surface area contributed by atoms with E-state index in [2.05, 4.69) is 67.9 Å². The van der Waals surface area contributed by atoms with Crippen LogP contribution in [0.4, 0.5) is 0 Å². The summed E-state index contributed by atoms with van der Waals surface area (Å²) in [5.74, 6) is 0. The molecule has 3 heteroatoms. The van der Waals surface area contributed by atoms with Crippen LogP contribution < -0.4 is 5.32 Å². The van der Waals surface area contributed by atoms with Gasteiger partial charge in [-0.1, -0.05) is 25.1 Å². The minimum Gasteiger partial charge on any atom is -0.380 e. The number of nitrogens with one attached hydrogen (secondary N) is 1. The zero-order chi connectivity index (χ0) is 15.3. The highest BCUT2D eigenvalue weighted by molar-refractivity contribution is 5.81. The molecule has 21 heavy (non-hydrogen) atoms. The molecule has 0 saturated carbocycles. The first-order valence-electron chi connectivity index (χ1n) is 7.91. The van der Waals surface area contributed by atoms with E-state index < -0.39 is 0 Å². The lowest BCUT2D eigenvalue weighted by atomic mass is 10.1. The monoisotopic (exact) mass is 288 g/mol. The molecule has 0 unspecified atom stereocenters. The normalized spacial score (nSPS) is 12.2. The summed E-state index contributed by atoms with van der Waals surface area (Å²) in [6.07, 6.45) is 1.07. The van der Waals surface area contributed by atoms with Crippen LogP contribution in [-0.2, 0) is 17.8 Å². The minimum absolute atomic E-state index is 0.125.